The second-order valence-corrected chi connectivity index (χ2v) is 12.5. The standard InChI is InChI=1S/C38H71NO5/c1-3-5-7-9-11-13-14-15-16-17-18-19-20-21-22-24-25-27-29-31-35(41)37(43)34(33-40)39-38(44)36(42)32-30-28-26-23-12-10-8-6-4-2/h15-16,19-20,24-25,34-37,40-43H,3-14,17-18,21-23,26-33H2,1-2H3,(H,39,44)/b16-15+,20-19+,25-24+. The Labute approximate surface area is 271 Å². The van der Waals surface area contributed by atoms with E-state index in [4.69, 9.17) is 0 Å². The van der Waals surface area contributed by atoms with Crippen molar-refractivity contribution in [2.45, 2.75) is 192 Å². The van der Waals surface area contributed by atoms with Crippen LogP contribution in [0, 0.1) is 0 Å². The van der Waals surface area contributed by atoms with Crippen molar-refractivity contribution in [1.82, 2.24) is 5.32 Å². The number of unbranched alkanes of at least 4 members (excludes halogenated alkanes) is 17. The van der Waals surface area contributed by atoms with Crippen molar-refractivity contribution in [2.75, 3.05) is 6.61 Å². The van der Waals surface area contributed by atoms with Crippen LogP contribution < -0.4 is 5.32 Å². The number of allylic oxidation sites excluding steroid dienone is 6. The summed E-state index contributed by atoms with van der Waals surface area (Å²) in [6.45, 7) is 3.97. The molecule has 5 N–H and O–H groups in total. The summed E-state index contributed by atoms with van der Waals surface area (Å²) >= 11 is 0. The molecule has 4 atom stereocenters. The van der Waals surface area contributed by atoms with E-state index in [0.717, 1.165) is 51.4 Å². The van der Waals surface area contributed by atoms with Gasteiger partial charge in [0.1, 0.15) is 12.2 Å². The maximum Gasteiger partial charge on any atom is 0.249 e. The number of rotatable bonds is 32. The van der Waals surface area contributed by atoms with Crippen LogP contribution in [0.5, 0.6) is 0 Å². The molecule has 44 heavy (non-hydrogen) atoms. The number of hydrogen-bond donors (Lipinski definition) is 5. The Morgan fingerprint density at radius 3 is 1.43 bits per heavy atom. The Morgan fingerprint density at radius 1 is 0.545 bits per heavy atom. The van der Waals surface area contributed by atoms with Gasteiger partial charge in [0.05, 0.1) is 18.8 Å². The summed E-state index contributed by atoms with van der Waals surface area (Å²) in [5.74, 6) is -0.605. The summed E-state index contributed by atoms with van der Waals surface area (Å²) in [7, 11) is 0. The van der Waals surface area contributed by atoms with Crippen LogP contribution in [0.3, 0.4) is 0 Å². The van der Waals surface area contributed by atoms with Gasteiger partial charge in [-0.25, -0.2) is 0 Å². The first-order valence-corrected chi connectivity index (χ1v) is 18.4. The van der Waals surface area contributed by atoms with Crippen molar-refractivity contribution >= 4 is 5.91 Å². The molecular formula is C38H71NO5. The van der Waals surface area contributed by atoms with Crippen LogP contribution in [0.4, 0.5) is 0 Å². The van der Waals surface area contributed by atoms with E-state index in [1.165, 1.54) is 83.5 Å². The number of carbonyl (C=O) groups is 1. The van der Waals surface area contributed by atoms with Gasteiger partial charge in [0.2, 0.25) is 5.91 Å². The average Bonchev–Trinajstić information content (AvgIpc) is 3.03. The van der Waals surface area contributed by atoms with Crippen LogP contribution in [-0.2, 0) is 4.79 Å². The Balaban J connectivity index is 3.90. The predicted molar refractivity (Wildman–Crippen MR) is 187 cm³/mol. The van der Waals surface area contributed by atoms with E-state index in [1.807, 2.05) is 0 Å². The predicted octanol–water partition coefficient (Wildman–Crippen LogP) is 8.62. The Bertz CT molecular complexity index is 707. The lowest BCUT2D eigenvalue weighted by atomic mass is 10.00. The van der Waals surface area contributed by atoms with Crippen molar-refractivity contribution in [3.8, 4) is 0 Å². The fraction of sp³-hybridized carbons (Fsp3) is 0.816. The summed E-state index contributed by atoms with van der Waals surface area (Å²) in [6, 6.07) is -1.01. The topological polar surface area (TPSA) is 110 Å². The van der Waals surface area contributed by atoms with Gasteiger partial charge >= 0.3 is 0 Å². The van der Waals surface area contributed by atoms with Gasteiger partial charge in [-0.15, -0.1) is 0 Å². The zero-order valence-corrected chi connectivity index (χ0v) is 28.6. The van der Waals surface area contributed by atoms with Gasteiger partial charge in [0.25, 0.3) is 0 Å². The maximum atomic E-state index is 12.4. The highest BCUT2D eigenvalue weighted by Gasteiger charge is 2.28. The van der Waals surface area contributed by atoms with Gasteiger partial charge in [0, 0.05) is 0 Å². The van der Waals surface area contributed by atoms with Gasteiger partial charge in [-0.05, 0) is 64.2 Å². The normalized spacial score (nSPS) is 15.0. The van der Waals surface area contributed by atoms with Gasteiger partial charge in [-0.2, -0.15) is 0 Å². The minimum Gasteiger partial charge on any atom is -0.394 e. The molecule has 258 valence electrons. The first kappa shape index (κ1) is 42.5. The molecule has 0 aromatic heterocycles. The zero-order chi connectivity index (χ0) is 32.5. The Hall–Kier alpha value is -1.47. The lowest BCUT2D eigenvalue weighted by molar-refractivity contribution is -0.132. The fourth-order valence-corrected chi connectivity index (χ4v) is 5.32. The van der Waals surface area contributed by atoms with Crippen molar-refractivity contribution in [2.24, 2.45) is 0 Å². The minimum absolute atomic E-state index is 0.358. The molecule has 0 aliphatic rings. The number of aliphatic hydroxyl groups excluding tert-OH is 4. The van der Waals surface area contributed by atoms with Gasteiger partial charge < -0.3 is 25.7 Å². The molecule has 0 saturated carbocycles. The van der Waals surface area contributed by atoms with Crippen LogP contribution >= 0.6 is 0 Å². The molecule has 0 aliphatic heterocycles. The van der Waals surface area contributed by atoms with Crippen LogP contribution in [0.25, 0.3) is 0 Å². The summed E-state index contributed by atoms with van der Waals surface area (Å²) in [5.41, 5.74) is 0. The third-order valence-electron chi connectivity index (χ3n) is 8.31. The second-order valence-electron chi connectivity index (χ2n) is 12.5. The lowest BCUT2D eigenvalue weighted by Gasteiger charge is -2.27. The quantitative estimate of drug-likeness (QED) is 0.0382. The molecule has 4 unspecified atom stereocenters. The molecule has 0 fully saturated rings. The number of nitrogens with one attached hydrogen (secondary N) is 1. The van der Waals surface area contributed by atoms with Gasteiger partial charge in [0.15, 0.2) is 0 Å². The number of carbonyl (C=O) groups excluding carboxylic acids is 1. The van der Waals surface area contributed by atoms with E-state index in [0.29, 0.717) is 19.3 Å². The van der Waals surface area contributed by atoms with Gasteiger partial charge in [-0.3, -0.25) is 4.79 Å². The third-order valence-corrected chi connectivity index (χ3v) is 8.31. The van der Waals surface area contributed by atoms with E-state index >= 15 is 0 Å². The molecule has 0 saturated heterocycles. The molecule has 0 radical (unpaired) electrons. The molecule has 0 heterocycles. The summed E-state index contributed by atoms with van der Waals surface area (Å²) in [5, 5.41) is 43.3. The van der Waals surface area contributed by atoms with Crippen LogP contribution in [0.2, 0.25) is 0 Å². The van der Waals surface area contributed by atoms with E-state index < -0.39 is 36.9 Å². The van der Waals surface area contributed by atoms with E-state index in [9.17, 15) is 25.2 Å². The lowest BCUT2D eigenvalue weighted by Crippen LogP contribution is -2.53. The number of hydrogen-bond acceptors (Lipinski definition) is 5. The first-order chi connectivity index (χ1) is 21.5. The SMILES string of the molecule is CCCCCCCC/C=C/CC/C=C/CC/C=C/CCCC(O)C(O)C(CO)NC(=O)C(O)CCCCCCCCCCC. The number of amides is 1. The molecular weight excluding hydrogens is 550 g/mol. The monoisotopic (exact) mass is 622 g/mol. The molecule has 6 heteroatoms. The summed E-state index contributed by atoms with van der Waals surface area (Å²) < 4.78 is 0. The van der Waals surface area contributed by atoms with Crippen LogP contribution in [0.1, 0.15) is 168 Å². The summed E-state index contributed by atoms with van der Waals surface area (Å²) in [4.78, 5) is 12.4. The Morgan fingerprint density at radius 2 is 0.955 bits per heavy atom. The molecule has 0 aliphatic carbocycles. The molecule has 0 spiro atoms. The average molecular weight is 622 g/mol. The third kappa shape index (κ3) is 26.9. The minimum atomic E-state index is -1.29. The zero-order valence-electron chi connectivity index (χ0n) is 28.6. The van der Waals surface area contributed by atoms with Crippen molar-refractivity contribution in [3.05, 3.63) is 36.5 Å². The molecule has 0 aromatic carbocycles. The highest BCUT2D eigenvalue weighted by atomic mass is 16.3. The van der Waals surface area contributed by atoms with Crippen molar-refractivity contribution in [3.63, 3.8) is 0 Å². The smallest absolute Gasteiger partial charge is 0.249 e. The Kier molecular flexibility index (Phi) is 31.8. The van der Waals surface area contributed by atoms with Gasteiger partial charge in [-0.1, -0.05) is 140 Å². The van der Waals surface area contributed by atoms with Crippen LogP contribution in [0.15, 0.2) is 36.5 Å². The van der Waals surface area contributed by atoms with Crippen molar-refractivity contribution < 1.29 is 25.2 Å². The molecule has 0 rings (SSSR count). The van der Waals surface area contributed by atoms with Crippen LogP contribution in [-0.4, -0.2) is 57.3 Å². The largest absolute Gasteiger partial charge is 0.394 e. The molecule has 1 amide bonds. The number of aliphatic hydroxyl groups is 4. The second kappa shape index (κ2) is 32.9. The van der Waals surface area contributed by atoms with E-state index in [-0.39, 0.29) is 0 Å². The highest BCUT2D eigenvalue weighted by molar-refractivity contribution is 5.80. The van der Waals surface area contributed by atoms with Crippen molar-refractivity contribution in [1.29, 1.82) is 0 Å². The first-order valence-electron chi connectivity index (χ1n) is 18.4. The highest BCUT2D eigenvalue weighted by Crippen LogP contribution is 2.13. The molecule has 0 aromatic rings. The van der Waals surface area contributed by atoms with E-state index in [1.54, 1.807) is 0 Å². The maximum absolute atomic E-state index is 12.4. The molecule has 6 nitrogen and oxygen atoms in total. The molecule has 0 bridgehead atoms. The fourth-order valence-electron chi connectivity index (χ4n) is 5.32. The summed E-state index contributed by atoms with van der Waals surface area (Å²) in [6.07, 6.45) is 36.0. The van der Waals surface area contributed by atoms with E-state index in [2.05, 4.69) is 55.6 Å².